The van der Waals surface area contributed by atoms with Crippen molar-refractivity contribution in [3.05, 3.63) is 59.3 Å². The molecule has 1 aliphatic carbocycles. The molecular formula is C17H21FN3O3. The molecular weight excluding hydrogens is 313 g/mol. The number of nitrogen functional groups attached to an aromatic ring is 1. The molecule has 0 aliphatic heterocycles. The summed E-state index contributed by atoms with van der Waals surface area (Å²) in [7, 11) is 0. The van der Waals surface area contributed by atoms with Crippen LogP contribution >= 0.6 is 0 Å². The molecule has 0 atom stereocenters. The predicted molar refractivity (Wildman–Crippen MR) is 89.8 cm³/mol. The van der Waals surface area contributed by atoms with Crippen LogP contribution in [0.15, 0.2) is 47.3 Å². The van der Waals surface area contributed by atoms with Crippen molar-refractivity contribution in [2.24, 2.45) is 5.73 Å². The van der Waals surface area contributed by atoms with Crippen LogP contribution in [0, 0.1) is 11.8 Å². The fourth-order valence-electron chi connectivity index (χ4n) is 2.22. The molecule has 0 fully saturated rings. The minimum Gasteiger partial charge on any atom is -0.494 e. The van der Waals surface area contributed by atoms with E-state index in [2.05, 4.69) is 5.32 Å². The topological polar surface area (TPSA) is 101 Å². The summed E-state index contributed by atoms with van der Waals surface area (Å²) in [6, 6.07) is 6.71. The van der Waals surface area contributed by atoms with Gasteiger partial charge < -0.3 is 25.6 Å². The SMILES string of the molecule is CCOC1=C(OCCO)C(Nc2ccc(C(=N)N)cc2)=C(F)[CH]C1. The average molecular weight is 334 g/mol. The first-order valence-corrected chi connectivity index (χ1v) is 7.61. The maximum absolute atomic E-state index is 14.3. The van der Waals surface area contributed by atoms with Crippen molar-refractivity contribution in [3.63, 3.8) is 0 Å². The number of anilines is 1. The predicted octanol–water partition coefficient (Wildman–Crippen LogP) is 2.43. The number of nitrogens with one attached hydrogen (secondary N) is 2. The largest absolute Gasteiger partial charge is 0.494 e. The number of nitrogens with two attached hydrogens (primary N) is 1. The zero-order valence-corrected chi connectivity index (χ0v) is 13.4. The van der Waals surface area contributed by atoms with Crippen LogP contribution in [-0.4, -0.2) is 30.8 Å². The molecule has 5 N–H and O–H groups in total. The summed E-state index contributed by atoms with van der Waals surface area (Å²) < 4.78 is 25.3. The molecule has 0 bridgehead atoms. The minimum atomic E-state index is -0.456. The molecule has 6 nitrogen and oxygen atoms in total. The van der Waals surface area contributed by atoms with Gasteiger partial charge in [-0.3, -0.25) is 5.41 Å². The van der Waals surface area contributed by atoms with Gasteiger partial charge in [0.05, 0.1) is 13.2 Å². The molecule has 0 spiro atoms. The number of hydrogen-bond acceptors (Lipinski definition) is 5. The zero-order chi connectivity index (χ0) is 17.5. The van der Waals surface area contributed by atoms with Crippen molar-refractivity contribution < 1.29 is 19.0 Å². The number of aliphatic hydroxyl groups is 1. The van der Waals surface area contributed by atoms with E-state index in [1.54, 1.807) is 24.3 Å². The maximum atomic E-state index is 14.3. The Morgan fingerprint density at radius 3 is 2.62 bits per heavy atom. The molecule has 0 amide bonds. The summed E-state index contributed by atoms with van der Waals surface area (Å²) >= 11 is 0. The van der Waals surface area contributed by atoms with Crippen LogP contribution < -0.4 is 11.1 Å². The maximum Gasteiger partial charge on any atom is 0.183 e. The summed E-state index contributed by atoms with van der Waals surface area (Å²) in [5.41, 5.74) is 6.76. The average Bonchev–Trinajstić information content (AvgIpc) is 2.57. The van der Waals surface area contributed by atoms with Crippen LogP contribution in [0.5, 0.6) is 0 Å². The lowest BCUT2D eigenvalue weighted by Crippen LogP contribution is -2.17. The normalized spacial score (nSPS) is 14.6. The van der Waals surface area contributed by atoms with Crippen molar-refractivity contribution in [1.29, 1.82) is 5.41 Å². The van der Waals surface area contributed by atoms with Gasteiger partial charge in [-0.1, -0.05) is 0 Å². The van der Waals surface area contributed by atoms with Gasteiger partial charge in [0.1, 0.15) is 29.7 Å². The third kappa shape index (κ3) is 4.26. The molecule has 1 aromatic carbocycles. The Balaban J connectivity index is 2.27. The highest BCUT2D eigenvalue weighted by Crippen LogP contribution is 2.32. The zero-order valence-electron chi connectivity index (χ0n) is 13.4. The number of rotatable bonds is 8. The van der Waals surface area contributed by atoms with Crippen LogP contribution in [0.4, 0.5) is 10.1 Å². The summed E-state index contributed by atoms with van der Waals surface area (Å²) in [6.07, 6.45) is 1.69. The fraction of sp³-hybridized carbons (Fsp3) is 0.294. The number of hydrogen-bond donors (Lipinski definition) is 4. The molecule has 7 heteroatoms. The van der Waals surface area contributed by atoms with E-state index in [0.717, 1.165) is 0 Å². The first-order chi connectivity index (χ1) is 11.6. The third-order valence-corrected chi connectivity index (χ3v) is 3.31. The Bertz CT molecular complexity index is 650. The number of amidine groups is 1. The van der Waals surface area contributed by atoms with Gasteiger partial charge in [0, 0.05) is 24.1 Å². The monoisotopic (exact) mass is 334 g/mol. The first-order valence-electron chi connectivity index (χ1n) is 7.61. The van der Waals surface area contributed by atoms with E-state index in [0.29, 0.717) is 23.6 Å². The molecule has 2 rings (SSSR count). The number of halogens is 1. The molecule has 1 radical (unpaired) electrons. The number of allylic oxidation sites excluding steroid dienone is 2. The van der Waals surface area contributed by atoms with Gasteiger partial charge in [0.2, 0.25) is 0 Å². The number of benzene rings is 1. The first kappa shape index (κ1) is 17.8. The van der Waals surface area contributed by atoms with Gasteiger partial charge in [-0.15, -0.1) is 0 Å². The van der Waals surface area contributed by atoms with Crippen molar-refractivity contribution in [2.75, 3.05) is 25.1 Å². The van der Waals surface area contributed by atoms with Gasteiger partial charge in [-0.25, -0.2) is 4.39 Å². The Morgan fingerprint density at radius 1 is 1.33 bits per heavy atom. The van der Waals surface area contributed by atoms with E-state index in [9.17, 15) is 4.39 Å². The van der Waals surface area contributed by atoms with E-state index in [-0.39, 0.29) is 36.9 Å². The molecule has 0 aromatic heterocycles. The summed E-state index contributed by atoms with van der Waals surface area (Å²) in [4.78, 5) is 0. The van der Waals surface area contributed by atoms with Gasteiger partial charge >= 0.3 is 0 Å². The second kappa shape index (κ2) is 8.35. The molecule has 0 heterocycles. The van der Waals surface area contributed by atoms with Crippen LogP contribution in [-0.2, 0) is 9.47 Å². The van der Waals surface area contributed by atoms with E-state index in [1.165, 1.54) is 6.42 Å². The second-order valence-electron chi connectivity index (χ2n) is 5.00. The smallest absolute Gasteiger partial charge is 0.183 e. The molecule has 1 aliphatic rings. The Morgan fingerprint density at radius 2 is 2.04 bits per heavy atom. The molecule has 0 unspecified atom stereocenters. The van der Waals surface area contributed by atoms with E-state index >= 15 is 0 Å². The van der Waals surface area contributed by atoms with Gasteiger partial charge in [-0.2, -0.15) is 0 Å². The minimum absolute atomic E-state index is 0.0354. The summed E-state index contributed by atoms with van der Waals surface area (Å²) in [5, 5.41) is 19.3. The van der Waals surface area contributed by atoms with Crippen LogP contribution in [0.2, 0.25) is 0 Å². The Hall–Kier alpha value is -2.54. The standard InChI is InChI=1S/C17H21FN3O3/c1-2-23-14-8-7-13(18)15(16(14)24-10-9-22)21-12-5-3-11(4-6-12)17(19)20/h3-7,21-22H,2,8-10H2,1H3,(H3,19,20). The summed E-state index contributed by atoms with van der Waals surface area (Å²) in [6.45, 7) is 2.11. The summed E-state index contributed by atoms with van der Waals surface area (Å²) in [5.74, 6) is 0.266. The van der Waals surface area contributed by atoms with E-state index < -0.39 is 5.83 Å². The van der Waals surface area contributed by atoms with Gasteiger partial charge in [0.25, 0.3) is 0 Å². The fourth-order valence-corrected chi connectivity index (χ4v) is 2.22. The lowest BCUT2D eigenvalue weighted by atomic mass is 10.1. The van der Waals surface area contributed by atoms with Crippen molar-refractivity contribution in [2.45, 2.75) is 13.3 Å². The second-order valence-corrected chi connectivity index (χ2v) is 5.00. The van der Waals surface area contributed by atoms with Crippen molar-refractivity contribution >= 4 is 11.5 Å². The highest BCUT2D eigenvalue weighted by molar-refractivity contribution is 5.95. The van der Waals surface area contributed by atoms with Crippen molar-refractivity contribution in [3.8, 4) is 0 Å². The Kier molecular flexibility index (Phi) is 6.20. The van der Waals surface area contributed by atoms with Crippen LogP contribution in [0.1, 0.15) is 18.9 Å². The number of aliphatic hydroxyl groups excluding tert-OH is 1. The highest BCUT2D eigenvalue weighted by Gasteiger charge is 2.25. The third-order valence-electron chi connectivity index (χ3n) is 3.31. The molecule has 24 heavy (non-hydrogen) atoms. The highest BCUT2D eigenvalue weighted by atomic mass is 19.1. The van der Waals surface area contributed by atoms with Crippen LogP contribution in [0.25, 0.3) is 0 Å². The lowest BCUT2D eigenvalue weighted by Gasteiger charge is -2.24. The van der Waals surface area contributed by atoms with Crippen molar-refractivity contribution in [1.82, 2.24) is 0 Å². The van der Waals surface area contributed by atoms with E-state index in [4.69, 9.17) is 25.7 Å². The number of ether oxygens (including phenoxy) is 2. The molecule has 1 aromatic rings. The van der Waals surface area contributed by atoms with Gasteiger partial charge in [0.15, 0.2) is 5.76 Å². The lowest BCUT2D eigenvalue weighted by molar-refractivity contribution is 0.123. The van der Waals surface area contributed by atoms with E-state index in [1.807, 2.05) is 6.92 Å². The van der Waals surface area contributed by atoms with Crippen LogP contribution in [0.3, 0.4) is 0 Å². The quantitative estimate of drug-likeness (QED) is 0.432. The molecule has 129 valence electrons. The van der Waals surface area contributed by atoms with Gasteiger partial charge in [-0.05, 0) is 31.2 Å². The molecule has 0 saturated carbocycles. The molecule has 0 saturated heterocycles. The Labute approximate surface area is 140 Å².